The normalized spacial score (nSPS) is 13.9. The van der Waals surface area contributed by atoms with Crippen molar-refractivity contribution in [2.45, 2.75) is 12.2 Å². The van der Waals surface area contributed by atoms with Gasteiger partial charge in [0.1, 0.15) is 0 Å². The maximum atomic E-state index is 12.2. The number of hydrogen-bond donors (Lipinski definition) is 2. The van der Waals surface area contributed by atoms with Crippen molar-refractivity contribution in [2.75, 3.05) is 16.8 Å². The van der Waals surface area contributed by atoms with Crippen molar-refractivity contribution in [1.29, 1.82) is 0 Å². The fraction of sp³-hybridized carbons (Fsp3) is 0.231. The van der Waals surface area contributed by atoms with Gasteiger partial charge in [0, 0.05) is 16.8 Å². The Kier molecular flexibility index (Phi) is 3.44. The van der Waals surface area contributed by atoms with E-state index in [2.05, 4.69) is 10.3 Å². The minimum atomic E-state index is -0.130. The number of nitrogen functional groups attached to an aromatic ring is 1. The molecule has 1 aliphatic heterocycles. The van der Waals surface area contributed by atoms with E-state index >= 15 is 0 Å². The summed E-state index contributed by atoms with van der Waals surface area (Å²) >= 11 is 3.49. The van der Waals surface area contributed by atoms with Crippen LogP contribution >= 0.6 is 23.1 Å². The summed E-state index contributed by atoms with van der Waals surface area (Å²) in [5.41, 5.74) is 7.54. The lowest BCUT2D eigenvalue weighted by atomic mass is 10.2. The number of nitrogens with two attached hydrogens (primary N) is 1. The van der Waals surface area contributed by atoms with E-state index in [9.17, 15) is 4.79 Å². The van der Waals surface area contributed by atoms with Crippen LogP contribution in [0, 0.1) is 0 Å². The van der Waals surface area contributed by atoms with Crippen LogP contribution in [0.2, 0.25) is 0 Å². The van der Waals surface area contributed by atoms with Gasteiger partial charge in [0.05, 0.1) is 10.6 Å². The molecule has 0 saturated carbocycles. The summed E-state index contributed by atoms with van der Waals surface area (Å²) in [5.74, 6) is 2.44. The SMILES string of the molecule is Nc1cccnc1NC(=O)c1cc2c(s1)CCSC2. The number of anilines is 2. The van der Waals surface area contributed by atoms with Crippen molar-refractivity contribution < 1.29 is 4.79 Å². The fourth-order valence-electron chi connectivity index (χ4n) is 1.95. The molecule has 0 aromatic carbocycles. The van der Waals surface area contributed by atoms with Gasteiger partial charge in [-0.2, -0.15) is 11.8 Å². The lowest BCUT2D eigenvalue weighted by Crippen LogP contribution is -2.12. The largest absolute Gasteiger partial charge is 0.396 e. The standard InChI is InChI=1S/C13H13N3OS2/c14-9-2-1-4-15-12(9)16-13(17)11-6-8-7-18-5-3-10(8)19-11/h1-2,4,6H,3,5,7,14H2,(H,15,16,17). The highest BCUT2D eigenvalue weighted by Gasteiger charge is 2.18. The maximum Gasteiger partial charge on any atom is 0.266 e. The van der Waals surface area contributed by atoms with Gasteiger partial charge in [0.15, 0.2) is 5.82 Å². The van der Waals surface area contributed by atoms with E-state index in [1.54, 1.807) is 29.7 Å². The first kappa shape index (κ1) is 12.5. The highest BCUT2D eigenvalue weighted by molar-refractivity contribution is 7.98. The number of aryl methyl sites for hydroxylation is 1. The van der Waals surface area contributed by atoms with E-state index in [1.807, 2.05) is 17.8 Å². The molecule has 0 spiro atoms. The van der Waals surface area contributed by atoms with E-state index in [0.29, 0.717) is 11.5 Å². The number of carbonyl (C=O) groups is 1. The monoisotopic (exact) mass is 291 g/mol. The number of thiophene rings is 1. The van der Waals surface area contributed by atoms with Crippen LogP contribution in [0.1, 0.15) is 20.1 Å². The second-order valence-electron chi connectivity index (χ2n) is 4.26. The van der Waals surface area contributed by atoms with Crippen LogP contribution in [0.3, 0.4) is 0 Å². The highest BCUT2D eigenvalue weighted by atomic mass is 32.2. The molecule has 0 radical (unpaired) electrons. The quantitative estimate of drug-likeness (QED) is 0.892. The molecule has 6 heteroatoms. The van der Waals surface area contributed by atoms with Crippen molar-refractivity contribution in [3.05, 3.63) is 39.7 Å². The van der Waals surface area contributed by atoms with Gasteiger partial charge in [-0.15, -0.1) is 11.3 Å². The number of fused-ring (bicyclic) bond motifs is 1. The van der Waals surface area contributed by atoms with Crippen molar-refractivity contribution in [2.24, 2.45) is 0 Å². The molecule has 0 fully saturated rings. The first-order valence-electron chi connectivity index (χ1n) is 5.95. The molecule has 2 aromatic rings. The van der Waals surface area contributed by atoms with E-state index in [4.69, 9.17) is 5.73 Å². The molecule has 2 aromatic heterocycles. The van der Waals surface area contributed by atoms with Crippen LogP contribution in [-0.4, -0.2) is 16.6 Å². The lowest BCUT2D eigenvalue weighted by molar-refractivity contribution is 0.103. The molecule has 1 amide bonds. The molecule has 0 unspecified atom stereocenters. The van der Waals surface area contributed by atoms with Gasteiger partial charge < -0.3 is 11.1 Å². The molecule has 98 valence electrons. The number of hydrogen-bond acceptors (Lipinski definition) is 5. The Morgan fingerprint density at radius 3 is 3.16 bits per heavy atom. The van der Waals surface area contributed by atoms with Gasteiger partial charge in [0.2, 0.25) is 0 Å². The minimum Gasteiger partial charge on any atom is -0.396 e. The fourth-order valence-corrected chi connectivity index (χ4v) is 4.22. The Balaban J connectivity index is 1.81. The van der Waals surface area contributed by atoms with Gasteiger partial charge in [-0.1, -0.05) is 0 Å². The smallest absolute Gasteiger partial charge is 0.266 e. The first-order chi connectivity index (χ1) is 9.24. The molecular formula is C13H13N3OS2. The maximum absolute atomic E-state index is 12.2. The topological polar surface area (TPSA) is 68.0 Å². The molecule has 19 heavy (non-hydrogen) atoms. The van der Waals surface area contributed by atoms with Crippen LogP contribution in [0.4, 0.5) is 11.5 Å². The number of amides is 1. The molecule has 0 atom stereocenters. The van der Waals surface area contributed by atoms with Crippen molar-refractivity contribution in [1.82, 2.24) is 4.98 Å². The Morgan fingerprint density at radius 2 is 2.37 bits per heavy atom. The van der Waals surface area contributed by atoms with Crippen molar-refractivity contribution in [3.8, 4) is 0 Å². The number of nitrogens with one attached hydrogen (secondary N) is 1. The number of pyridine rings is 1. The zero-order valence-corrected chi connectivity index (χ0v) is 11.8. The van der Waals surface area contributed by atoms with Crippen LogP contribution in [0.5, 0.6) is 0 Å². The van der Waals surface area contributed by atoms with Gasteiger partial charge in [0.25, 0.3) is 5.91 Å². The molecule has 3 N–H and O–H groups in total. The Morgan fingerprint density at radius 1 is 1.47 bits per heavy atom. The third-order valence-corrected chi connectivity index (χ3v) is 5.17. The average Bonchev–Trinajstić information content (AvgIpc) is 2.85. The molecule has 4 nitrogen and oxygen atoms in total. The second kappa shape index (κ2) is 5.22. The molecule has 0 aliphatic carbocycles. The van der Waals surface area contributed by atoms with Gasteiger partial charge in [-0.25, -0.2) is 4.98 Å². The Labute approximate surface area is 119 Å². The zero-order chi connectivity index (χ0) is 13.2. The van der Waals surface area contributed by atoms with Crippen molar-refractivity contribution >= 4 is 40.5 Å². The van der Waals surface area contributed by atoms with Gasteiger partial charge >= 0.3 is 0 Å². The van der Waals surface area contributed by atoms with E-state index in [1.165, 1.54) is 10.4 Å². The molecule has 1 aliphatic rings. The first-order valence-corrected chi connectivity index (χ1v) is 7.92. The molecule has 0 bridgehead atoms. The summed E-state index contributed by atoms with van der Waals surface area (Å²) in [4.78, 5) is 18.3. The number of nitrogens with zero attached hydrogens (tertiary/aromatic N) is 1. The molecule has 3 rings (SSSR count). The summed E-state index contributed by atoms with van der Waals surface area (Å²) in [6, 6.07) is 5.45. The van der Waals surface area contributed by atoms with Gasteiger partial charge in [-0.3, -0.25) is 4.79 Å². The van der Waals surface area contributed by atoms with Crippen LogP contribution in [0.25, 0.3) is 0 Å². The highest BCUT2D eigenvalue weighted by Crippen LogP contribution is 2.32. The Hall–Kier alpha value is -1.53. The predicted molar refractivity (Wildman–Crippen MR) is 80.8 cm³/mol. The number of thioether (sulfide) groups is 1. The Bertz CT molecular complexity index is 601. The number of aromatic nitrogens is 1. The minimum absolute atomic E-state index is 0.130. The summed E-state index contributed by atoms with van der Waals surface area (Å²) in [6.45, 7) is 0. The third kappa shape index (κ3) is 2.59. The lowest BCUT2D eigenvalue weighted by Gasteiger charge is -2.08. The zero-order valence-electron chi connectivity index (χ0n) is 10.2. The predicted octanol–water partition coefficient (Wildman–Crippen LogP) is 2.77. The third-order valence-electron chi connectivity index (χ3n) is 2.92. The summed E-state index contributed by atoms with van der Waals surface area (Å²) in [7, 11) is 0. The molecule has 3 heterocycles. The molecule has 0 saturated heterocycles. The summed E-state index contributed by atoms with van der Waals surface area (Å²) < 4.78 is 0. The van der Waals surface area contributed by atoms with E-state index < -0.39 is 0 Å². The summed E-state index contributed by atoms with van der Waals surface area (Å²) in [5, 5.41) is 2.76. The van der Waals surface area contributed by atoms with Gasteiger partial charge in [-0.05, 0) is 35.9 Å². The number of carbonyl (C=O) groups excluding carboxylic acids is 1. The van der Waals surface area contributed by atoms with Crippen LogP contribution in [0.15, 0.2) is 24.4 Å². The summed E-state index contributed by atoms with van der Waals surface area (Å²) in [6.07, 6.45) is 2.67. The van der Waals surface area contributed by atoms with E-state index in [-0.39, 0.29) is 5.91 Å². The van der Waals surface area contributed by atoms with Crippen LogP contribution < -0.4 is 11.1 Å². The average molecular weight is 291 g/mol. The second-order valence-corrected chi connectivity index (χ2v) is 6.50. The van der Waals surface area contributed by atoms with E-state index in [0.717, 1.165) is 22.8 Å². The number of rotatable bonds is 2. The molecular weight excluding hydrogens is 278 g/mol. The van der Waals surface area contributed by atoms with Crippen LogP contribution in [-0.2, 0) is 12.2 Å². The van der Waals surface area contributed by atoms with Crippen molar-refractivity contribution in [3.63, 3.8) is 0 Å².